The number of aromatic nitrogens is 2. The van der Waals surface area contributed by atoms with E-state index >= 15 is 0 Å². The number of ether oxygens (including phenoxy) is 1. The van der Waals surface area contributed by atoms with E-state index < -0.39 is 0 Å². The molecule has 5 nitrogen and oxygen atoms in total. The molecule has 0 fully saturated rings. The number of rotatable bonds is 5. The Balaban J connectivity index is 2.18. The van der Waals surface area contributed by atoms with Gasteiger partial charge in [0.2, 0.25) is 0 Å². The quantitative estimate of drug-likeness (QED) is 0.725. The number of fused-ring (bicyclic) bond motifs is 3. The van der Waals surface area contributed by atoms with Gasteiger partial charge in [-0.2, -0.15) is 0 Å². The first-order valence-electron chi connectivity index (χ1n) is 8.65. The van der Waals surface area contributed by atoms with Gasteiger partial charge in [-0.05, 0) is 25.3 Å². The molecule has 0 bridgehead atoms. The molecule has 0 aliphatic heterocycles. The predicted molar refractivity (Wildman–Crippen MR) is 102 cm³/mol. The fraction of sp³-hybridized carbons (Fsp3) is 0.400. The number of para-hydroxylation sites is 1. The molecule has 1 atom stereocenters. The summed E-state index contributed by atoms with van der Waals surface area (Å²) in [5, 5.41) is 2.37. The zero-order valence-electron chi connectivity index (χ0n) is 15.2. The summed E-state index contributed by atoms with van der Waals surface area (Å²) in [6.45, 7) is 6.59. The number of nitrogens with zero attached hydrogens (tertiary/aromatic N) is 2. The summed E-state index contributed by atoms with van der Waals surface area (Å²) in [5.41, 5.74) is 7.74. The van der Waals surface area contributed by atoms with Crippen molar-refractivity contribution in [3.63, 3.8) is 0 Å². The van der Waals surface area contributed by atoms with E-state index in [0.717, 1.165) is 28.4 Å². The fourth-order valence-electron chi connectivity index (χ4n) is 3.33. The van der Waals surface area contributed by atoms with E-state index in [-0.39, 0.29) is 11.6 Å². The average molecular weight is 339 g/mol. The van der Waals surface area contributed by atoms with Gasteiger partial charge in [0.25, 0.3) is 5.56 Å². The lowest BCUT2D eigenvalue weighted by Gasteiger charge is -2.18. The van der Waals surface area contributed by atoms with Gasteiger partial charge in [0.1, 0.15) is 12.4 Å². The van der Waals surface area contributed by atoms with E-state index in [9.17, 15) is 4.79 Å². The molecular formula is C20H25N3O2. The number of pyridine rings is 2. The zero-order chi connectivity index (χ0) is 18.1. The highest BCUT2D eigenvalue weighted by atomic mass is 16.5. The first-order valence-corrected chi connectivity index (χ1v) is 8.65. The number of hydrogen-bond donors (Lipinski definition) is 1. The lowest BCUT2D eigenvalue weighted by atomic mass is 10.0. The Morgan fingerprint density at radius 3 is 2.68 bits per heavy atom. The van der Waals surface area contributed by atoms with Crippen LogP contribution in [0.1, 0.15) is 26.0 Å². The Kier molecular flexibility index (Phi) is 4.77. The van der Waals surface area contributed by atoms with Crippen molar-refractivity contribution in [2.24, 2.45) is 18.7 Å². The van der Waals surface area contributed by atoms with Crippen LogP contribution in [0.15, 0.2) is 35.3 Å². The van der Waals surface area contributed by atoms with E-state index in [1.54, 1.807) is 17.8 Å². The minimum Gasteiger partial charge on any atom is -0.489 e. The van der Waals surface area contributed by atoms with Crippen LogP contribution in [0, 0.1) is 12.8 Å². The molecule has 2 aromatic heterocycles. The molecule has 25 heavy (non-hydrogen) atoms. The monoisotopic (exact) mass is 339 g/mol. The van der Waals surface area contributed by atoms with E-state index in [2.05, 4.69) is 18.8 Å². The summed E-state index contributed by atoms with van der Waals surface area (Å²) in [4.78, 5) is 17.1. The lowest BCUT2D eigenvalue weighted by Crippen LogP contribution is -2.29. The maximum atomic E-state index is 12.7. The second kappa shape index (κ2) is 6.84. The van der Waals surface area contributed by atoms with Crippen molar-refractivity contribution in [2.45, 2.75) is 33.2 Å². The molecular weight excluding hydrogens is 314 g/mol. The molecule has 0 saturated heterocycles. The van der Waals surface area contributed by atoms with Crippen LogP contribution < -0.4 is 16.0 Å². The number of benzene rings is 1. The molecule has 0 aliphatic carbocycles. The molecule has 0 saturated carbocycles. The predicted octanol–water partition coefficient (Wildman–Crippen LogP) is 3.15. The molecule has 1 aromatic carbocycles. The van der Waals surface area contributed by atoms with Crippen LogP contribution in [-0.4, -0.2) is 22.2 Å². The van der Waals surface area contributed by atoms with Crippen LogP contribution in [0.3, 0.4) is 0 Å². The summed E-state index contributed by atoms with van der Waals surface area (Å²) in [6, 6.07) is 7.81. The molecule has 3 rings (SSSR count). The van der Waals surface area contributed by atoms with Gasteiger partial charge in [-0.25, -0.2) is 0 Å². The minimum atomic E-state index is -0.0717. The lowest BCUT2D eigenvalue weighted by molar-refractivity contribution is 0.271. The summed E-state index contributed by atoms with van der Waals surface area (Å²) in [7, 11) is 1.78. The molecule has 2 N–H and O–H groups in total. The van der Waals surface area contributed by atoms with Gasteiger partial charge in [-0.15, -0.1) is 0 Å². The second-order valence-electron chi connectivity index (χ2n) is 7.04. The molecule has 2 heterocycles. The third kappa shape index (κ3) is 3.24. The van der Waals surface area contributed by atoms with Crippen LogP contribution in [-0.2, 0) is 7.05 Å². The molecule has 0 aliphatic rings. The van der Waals surface area contributed by atoms with Crippen LogP contribution in [0.2, 0.25) is 0 Å². The Labute approximate surface area is 147 Å². The third-order valence-corrected chi connectivity index (χ3v) is 4.50. The van der Waals surface area contributed by atoms with Gasteiger partial charge in [0, 0.05) is 30.1 Å². The van der Waals surface area contributed by atoms with Crippen LogP contribution in [0.25, 0.3) is 21.7 Å². The first-order chi connectivity index (χ1) is 11.9. The van der Waals surface area contributed by atoms with E-state index in [4.69, 9.17) is 10.5 Å². The SMILES string of the molecule is Cc1ncc2c(=O)n(C)c3ccccc3c2c1OC[C@@H](N)CC(C)C. The summed E-state index contributed by atoms with van der Waals surface area (Å²) < 4.78 is 7.74. The smallest absolute Gasteiger partial charge is 0.260 e. The van der Waals surface area contributed by atoms with E-state index in [1.807, 2.05) is 31.2 Å². The normalized spacial score (nSPS) is 12.9. The highest BCUT2D eigenvalue weighted by Crippen LogP contribution is 2.32. The van der Waals surface area contributed by atoms with Crippen molar-refractivity contribution in [3.05, 3.63) is 46.5 Å². The summed E-state index contributed by atoms with van der Waals surface area (Å²) in [5.74, 6) is 1.17. The fourth-order valence-corrected chi connectivity index (χ4v) is 3.33. The van der Waals surface area contributed by atoms with Crippen molar-refractivity contribution < 1.29 is 4.74 Å². The first kappa shape index (κ1) is 17.4. The molecule has 5 heteroatoms. The van der Waals surface area contributed by atoms with E-state index in [1.165, 1.54) is 0 Å². The molecule has 3 aromatic rings. The standard InChI is InChI=1S/C20H25N3O2/c1-12(2)9-14(21)11-25-19-13(3)22-10-16-18(19)15-7-5-6-8-17(15)23(4)20(16)24/h5-8,10,12,14H,9,11,21H2,1-4H3/t14-/m0/s1. The zero-order valence-corrected chi connectivity index (χ0v) is 15.2. The van der Waals surface area contributed by atoms with Gasteiger partial charge < -0.3 is 15.0 Å². The molecule has 0 spiro atoms. The highest BCUT2D eigenvalue weighted by Gasteiger charge is 2.17. The van der Waals surface area contributed by atoms with Gasteiger partial charge in [0.05, 0.1) is 16.6 Å². The second-order valence-corrected chi connectivity index (χ2v) is 7.04. The van der Waals surface area contributed by atoms with Crippen LogP contribution in [0.4, 0.5) is 0 Å². The molecule has 0 radical (unpaired) electrons. The molecule has 132 valence electrons. The highest BCUT2D eigenvalue weighted by molar-refractivity contribution is 6.08. The Hall–Kier alpha value is -2.40. The van der Waals surface area contributed by atoms with Crippen molar-refractivity contribution in [1.29, 1.82) is 0 Å². The number of hydrogen-bond acceptors (Lipinski definition) is 4. The van der Waals surface area contributed by atoms with Gasteiger partial charge in [0.15, 0.2) is 0 Å². The van der Waals surface area contributed by atoms with Crippen molar-refractivity contribution >= 4 is 21.7 Å². The largest absolute Gasteiger partial charge is 0.489 e. The van der Waals surface area contributed by atoms with Crippen molar-refractivity contribution in [2.75, 3.05) is 6.61 Å². The Morgan fingerprint density at radius 1 is 1.24 bits per heavy atom. The molecule has 0 amide bonds. The minimum absolute atomic E-state index is 0.0486. The summed E-state index contributed by atoms with van der Waals surface area (Å²) in [6.07, 6.45) is 2.53. The maximum absolute atomic E-state index is 12.7. The maximum Gasteiger partial charge on any atom is 0.260 e. The topological polar surface area (TPSA) is 70.1 Å². The number of nitrogens with two attached hydrogens (primary N) is 1. The van der Waals surface area contributed by atoms with Gasteiger partial charge in [-0.1, -0.05) is 32.0 Å². The van der Waals surface area contributed by atoms with Crippen molar-refractivity contribution in [3.8, 4) is 5.75 Å². The van der Waals surface area contributed by atoms with Crippen LogP contribution in [0.5, 0.6) is 5.75 Å². The van der Waals surface area contributed by atoms with Crippen molar-refractivity contribution in [1.82, 2.24) is 9.55 Å². The molecule has 0 unspecified atom stereocenters. The number of aryl methyl sites for hydroxylation is 2. The van der Waals surface area contributed by atoms with Crippen LogP contribution >= 0.6 is 0 Å². The third-order valence-electron chi connectivity index (χ3n) is 4.50. The van der Waals surface area contributed by atoms with Gasteiger partial charge in [-0.3, -0.25) is 9.78 Å². The average Bonchev–Trinajstić information content (AvgIpc) is 2.57. The van der Waals surface area contributed by atoms with E-state index in [0.29, 0.717) is 23.7 Å². The Bertz CT molecular complexity index is 976. The summed E-state index contributed by atoms with van der Waals surface area (Å²) >= 11 is 0. The Morgan fingerprint density at radius 2 is 1.96 bits per heavy atom. The van der Waals surface area contributed by atoms with Gasteiger partial charge >= 0.3 is 0 Å².